The number of aryl methyl sites for hydroxylation is 2. The normalized spacial score (nSPS) is 12.1. The van der Waals surface area contributed by atoms with Crippen LogP contribution in [0.4, 0.5) is 0 Å². The summed E-state index contributed by atoms with van der Waals surface area (Å²) in [4.78, 5) is 4.73. The van der Waals surface area contributed by atoms with Crippen molar-refractivity contribution in [1.82, 2.24) is 9.80 Å². The summed E-state index contributed by atoms with van der Waals surface area (Å²) in [5, 5.41) is 43.6. The fraction of sp³-hybridized carbons (Fsp3) is 0.467. The molecular formula is C45H62N2O4. The van der Waals surface area contributed by atoms with E-state index in [4.69, 9.17) is 0 Å². The van der Waals surface area contributed by atoms with E-state index >= 15 is 0 Å². The standard InChI is InChI=1S/C45H62N2O4/c1-28(2)22-46(24-34-13-14-42(48)33(10)15-34)26-38-17-36(19-40(30(5)6)44(38)50)16-37-18-39(45(51)41(20-37)31(7)8)27-47(23-29(3)4)25-35-12-11-32(9)43(49)21-35/h11-15,17-21,28-31,48-51H,16,22-27H2,1-10H3. The topological polar surface area (TPSA) is 87.4 Å². The van der Waals surface area contributed by atoms with Crippen molar-refractivity contribution in [3.8, 4) is 23.0 Å². The lowest BCUT2D eigenvalue weighted by Crippen LogP contribution is -2.27. The third-order valence-electron chi connectivity index (χ3n) is 9.59. The van der Waals surface area contributed by atoms with Crippen molar-refractivity contribution in [2.45, 2.75) is 114 Å². The zero-order chi connectivity index (χ0) is 37.6. The highest BCUT2D eigenvalue weighted by atomic mass is 16.3. The minimum Gasteiger partial charge on any atom is -0.508 e. The van der Waals surface area contributed by atoms with Crippen molar-refractivity contribution in [3.63, 3.8) is 0 Å². The second-order valence-corrected chi connectivity index (χ2v) is 16.2. The van der Waals surface area contributed by atoms with Gasteiger partial charge in [0.2, 0.25) is 0 Å². The Bertz CT molecular complexity index is 1650. The summed E-state index contributed by atoms with van der Waals surface area (Å²) in [6.07, 6.45) is 0.678. The van der Waals surface area contributed by atoms with Gasteiger partial charge in [-0.05, 0) is 101 Å². The van der Waals surface area contributed by atoms with Gasteiger partial charge in [0.25, 0.3) is 0 Å². The minimum absolute atomic E-state index is 0.144. The molecule has 6 nitrogen and oxygen atoms in total. The van der Waals surface area contributed by atoms with Gasteiger partial charge in [0.15, 0.2) is 0 Å². The molecule has 0 aliphatic carbocycles. The third kappa shape index (κ3) is 11.0. The molecule has 0 heterocycles. The van der Waals surface area contributed by atoms with Crippen LogP contribution in [0.15, 0.2) is 60.7 Å². The van der Waals surface area contributed by atoms with Gasteiger partial charge in [0, 0.05) is 50.4 Å². The van der Waals surface area contributed by atoms with Crippen LogP contribution in [0.3, 0.4) is 0 Å². The molecule has 0 aliphatic heterocycles. The fourth-order valence-electron chi connectivity index (χ4n) is 7.11. The molecule has 276 valence electrons. The highest BCUT2D eigenvalue weighted by Crippen LogP contribution is 2.36. The van der Waals surface area contributed by atoms with Gasteiger partial charge >= 0.3 is 0 Å². The number of phenols is 4. The number of benzene rings is 4. The van der Waals surface area contributed by atoms with Crippen LogP contribution in [0.5, 0.6) is 23.0 Å². The van der Waals surface area contributed by atoms with E-state index in [0.29, 0.717) is 67.4 Å². The maximum Gasteiger partial charge on any atom is 0.123 e. The second kappa shape index (κ2) is 17.5. The lowest BCUT2D eigenvalue weighted by atomic mass is 9.90. The Kier molecular flexibility index (Phi) is 13.6. The molecule has 0 bridgehead atoms. The summed E-state index contributed by atoms with van der Waals surface area (Å²) < 4.78 is 0. The highest BCUT2D eigenvalue weighted by Gasteiger charge is 2.20. The van der Waals surface area contributed by atoms with E-state index in [1.54, 1.807) is 6.07 Å². The Labute approximate surface area is 307 Å². The van der Waals surface area contributed by atoms with Gasteiger partial charge in [0.1, 0.15) is 23.0 Å². The average Bonchev–Trinajstić information content (AvgIpc) is 3.02. The number of aromatic hydroxyl groups is 4. The van der Waals surface area contributed by atoms with E-state index < -0.39 is 0 Å². The molecule has 0 saturated heterocycles. The lowest BCUT2D eigenvalue weighted by Gasteiger charge is -2.27. The van der Waals surface area contributed by atoms with Gasteiger partial charge in [0.05, 0.1) is 0 Å². The van der Waals surface area contributed by atoms with Crippen LogP contribution in [-0.2, 0) is 32.6 Å². The summed E-state index contributed by atoms with van der Waals surface area (Å²) >= 11 is 0. The van der Waals surface area contributed by atoms with Gasteiger partial charge in [-0.25, -0.2) is 0 Å². The van der Waals surface area contributed by atoms with Gasteiger partial charge in [-0.3, -0.25) is 9.80 Å². The van der Waals surface area contributed by atoms with Crippen molar-refractivity contribution in [2.75, 3.05) is 13.1 Å². The molecule has 0 amide bonds. The SMILES string of the molecule is Cc1cc(CN(Cc2cc(Cc3cc(CN(Cc4ccc(C)c(O)c4)CC(C)C)c(O)c(C(C)C)c3)cc(C(C)C)c2O)CC(C)C)ccc1O. The van der Waals surface area contributed by atoms with Crippen LogP contribution in [0.1, 0.15) is 123 Å². The Morgan fingerprint density at radius 2 is 0.922 bits per heavy atom. The molecule has 4 N–H and O–H groups in total. The number of hydrogen-bond acceptors (Lipinski definition) is 6. The van der Waals surface area contributed by atoms with Gasteiger partial charge in [-0.2, -0.15) is 0 Å². The summed E-state index contributed by atoms with van der Waals surface area (Å²) in [6.45, 7) is 25.5. The van der Waals surface area contributed by atoms with E-state index in [1.165, 1.54) is 0 Å². The van der Waals surface area contributed by atoms with E-state index in [-0.39, 0.29) is 11.8 Å². The number of hydrogen-bond donors (Lipinski definition) is 4. The van der Waals surface area contributed by atoms with Crippen LogP contribution < -0.4 is 0 Å². The summed E-state index contributed by atoms with van der Waals surface area (Å²) in [7, 11) is 0. The molecule has 0 saturated carbocycles. The summed E-state index contributed by atoms with van der Waals surface area (Å²) in [5.41, 5.74) is 9.88. The zero-order valence-electron chi connectivity index (χ0n) is 32.7. The molecule has 0 aromatic heterocycles. The maximum absolute atomic E-state index is 11.6. The molecule has 0 aliphatic rings. The minimum atomic E-state index is 0.144. The molecule has 0 fully saturated rings. The van der Waals surface area contributed by atoms with Crippen LogP contribution in [-0.4, -0.2) is 43.3 Å². The Morgan fingerprint density at radius 1 is 0.471 bits per heavy atom. The van der Waals surface area contributed by atoms with E-state index in [2.05, 4.69) is 95.5 Å². The molecule has 6 heteroatoms. The van der Waals surface area contributed by atoms with Gasteiger partial charge < -0.3 is 20.4 Å². The van der Waals surface area contributed by atoms with Gasteiger partial charge in [-0.15, -0.1) is 0 Å². The first kappa shape index (κ1) is 39.8. The Hall–Kier alpha value is -4.00. The van der Waals surface area contributed by atoms with Crippen molar-refractivity contribution in [1.29, 1.82) is 0 Å². The second-order valence-electron chi connectivity index (χ2n) is 16.2. The van der Waals surface area contributed by atoms with Crippen LogP contribution in [0, 0.1) is 25.7 Å². The summed E-state index contributed by atoms with van der Waals surface area (Å²) in [5.74, 6) is 2.49. The molecule has 4 aromatic carbocycles. The number of rotatable bonds is 16. The predicted octanol–water partition coefficient (Wildman–Crippen LogP) is 10.3. The van der Waals surface area contributed by atoms with Crippen molar-refractivity contribution in [2.24, 2.45) is 11.8 Å². The molecule has 0 radical (unpaired) electrons. The number of phenolic OH excluding ortho intramolecular Hbond substituents is 4. The zero-order valence-corrected chi connectivity index (χ0v) is 32.7. The molecule has 0 unspecified atom stereocenters. The molecule has 51 heavy (non-hydrogen) atoms. The fourth-order valence-corrected chi connectivity index (χ4v) is 7.11. The van der Waals surface area contributed by atoms with Gasteiger partial charge in [-0.1, -0.05) is 104 Å². The monoisotopic (exact) mass is 694 g/mol. The first-order valence-electron chi connectivity index (χ1n) is 18.7. The molecule has 4 rings (SSSR count). The molecule has 0 spiro atoms. The highest BCUT2D eigenvalue weighted by molar-refractivity contribution is 5.50. The quantitative estimate of drug-likeness (QED) is 0.0934. The molecule has 0 atom stereocenters. The van der Waals surface area contributed by atoms with Crippen molar-refractivity contribution >= 4 is 0 Å². The summed E-state index contributed by atoms with van der Waals surface area (Å²) in [6, 6.07) is 20.3. The average molecular weight is 695 g/mol. The van der Waals surface area contributed by atoms with E-state index in [1.807, 2.05) is 38.1 Å². The molecule has 4 aromatic rings. The Balaban J connectivity index is 1.69. The maximum atomic E-state index is 11.6. The third-order valence-corrected chi connectivity index (χ3v) is 9.59. The predicted molar refractivity (Wildman–Crippen MR) is 211 cm³/mol. The van der Waals surface area contributed by atoms with Crippen LogP contribution in [0.25, 0.3) is 0 Å². The van der Waals surface area contributed by atoms with E-state index in [9.17, 15) is 20.4 Å². The van der Waals surface area contributed by atoms with Crippen LogP contribution >= 0.6 is 0 Å². The lowest BCUT2D eigenvalue weighted by molar-refractivity contribution is 0.224. The Morgan fingerprint density at radius 3 is 1.33 bits per heavy atom. The van der Waals surface area contributed by atoms with Crippen molar-refractivity contribution in [3.05, 3.63) is 116 Å². The first-order valence-corrected chi connectivity index (χ1v) is 18.7. The first-order chi connectivity index (χ1) is 24.0. The van der Waals surface area contributed by atoms with E-state index in [0.717, 1.165) is 68.7 Å². The largest absolute Gasteiger partial charge is 0.508 e. The molecular weight excluding hydrogens is 633 g/mol. The smallest absolute Gasteiger partial charge is 0.123 e. The van der Waals surface area contributed by atoms with Crippen molar-refractivity contribution < 1.29 is 20.4 Å². The number of nitrogens with zero attached hydrogens (tertiary/aromatic N) is 2. The van der Waals surface area contributed by atoms with Crippen LogP contribution in [0.2, 0.25) is 0 Å².